The number of ether oxygens (including phenoxy) is 1. The van der Waals surface area contributed by atoms with Gasteiger partial charge in [0.05, 0.1) is 17.9 Å². The van der Waals surface area contributed by atoms with Crippen LogP contribution in [0.3, 0.4) is 0 Å². The lowest BCUT2D eigenvalue weighted by atomic mass is 10.1. The Bertz CT molecular complexity index is 831. The van der Waals surface area contributed by atoms with Crippen molar-refractivity contribution in [1.82, 2.24) is 14.9 Å². The first-order valence-corrected chi connectivity index (χ1v) is 9.85. The number of nitrogens with one attached hydrogen (secondary N) is 1. The summed E-state index contributed by atoms with van der Waals surface area (Å²) in [6.45, 7) is 1.71. The molecule has 0 spiro atoms. The summed E-state index contributed by atoms with van der Waals surface area (Å²) in [4.78, 5) is 40.8. The first-order valence-electron chi connectivity index (χ1n) is 9.85. The maximum Gasteiger partial charge on any atom is 0.328 e. The molecule has 2 aromatic heterocycles. The van der Waals surface area contributed by atoms with E-state index < -0.39 is 11.9 Å². The van der Waals surface area contributed by atoms with Crippen molar-refractivity contribution in [3.05, 3.63) is 60.1 Å². The quantitative estimate of drug-likeness (QED) is 0.265. The predicted molar refractivity (Wildman–Crippen MR) is 115 cm³/mol. The molecule has 0 radical (unpaired) electrons. The maximum atomic E-state index is 12.4. The molecule has 0 atom stereocenters. The molecule has 168 valence electrons. The maximum absolute atomic E-state index is 12.4. The number of aromatic nitrogens is 2. The van der Waals surface area contributed by atoms with Gasteiger partial charge in [-0.05, 0) is 57.7 Å². The van der Waals surface area contributed by atoms with Gasteiger partial charge in [-0.2, -0.15) is 0 Å². The number of carbonyl (C=O) groups excluding carboxylic acids is 1. The Morgan fingerprint density at radius 1 is 1.03 bits per heavy atom. The molecule has 0 unspecified atom stereocenters. The zero-order chi connectivity index (χ0) is 23.1. The van der Waals surface area contributed by atoms with Crippen molar-refractivity contribution in [1.29, 1.82) is 0 Å². The molecule has 0 aliphatic heterocycles. The van der Waals surface area contributed by atoms with E-state index >= 15 is 0 Å². The third-order valence-electron chi connectivity index (χ3n) is 3.97. The summed E-state index contributed by atoms with van der Waals surface area (Å²) in [5, 5.41) is 15.6. The molecule has 0 fully saturated rings. The van der Waals surface area contributed by atoms with Crippen molar-refractivity contribution in [3.63, 3.8) is 0 Å². The fourth-order valence-electron chi connectivity index (χ4n) is 2.49. The van der Waals surface area contributed by atoms with E-state index in [2.05, 4.69) is 29.0 Å². The molecule has 0 aliphatic rings. The molecule has 0 aliphatic carbocycles. The van der Waals surface area contributed by atoms with E-state index in [1.165, 1.54) is 12.8 Å². The third-order valence-corrected chi connectivity index (χ3v) is 3.97. The van der Waals surface area contributed by atoms with Crippen molar-refractivity contribution < 1.29 is 29.3 Å². The minimum Gasteiger partial charge on any atom is -0.478 e. The van der Waals surface area contributed by atoms with Crippen molar-refractivity contribution in [2.45, 2.75) is 25.7 Å². The van der Waals surface area contributed by atoms with Gasteiger partial charge in [-0.1, -0.05) is 12.8 Å². The smallest absolute Gasteiger partial charge is 0.328 e. The molecule has 9 nitrogen and oxygen atoms in total. The number of hydrogen-bond acceptors (Lipinski definition) is 6. The Morgan fingerprint density at radius 3 is 2.29 bits per heavy atom. The zero-order valence-corrected chi connectivity index (χ0v) is 17.8. The number of H-pyrrole nitrogens is 1. The van der Waals surface area contributed by atoms with Crippen LogP contribution in [-0.4, -0.2) is 70.0 Å². The number of rotatable bonds is 12. The molecule has 2 rings (SSSR count). The molecule has 0 aromatic carbocycles. The predicted octanol–water partition coefficient (Wildman–Crippen LogP) is 2.85. The topological polar surface area (TPSA) is 133 Å². The molecule has 31 heavy (non-hydrogen) atoms. The lowest BCUT2D eigenvalue weighted by Crippen LogP contribution is -2.12. The van der Waals surface area contributed by atoms with Crippen LogP contribution in [0.25, 0.3) is 0 Å². The number of aromatic amines is 1. The second-order valence-corrected chi connectivity index (χ2v) is 6.84. The molecule has 3 N–H and O–H groups in total. The third kappa shape index (κ3) is 11.3. The summed E-state index contributed by atoms with van der Waals surface area (Å²) in [6, 6.07) is 7.06. The summed E-state index contributed by atoms with van der Waals surface area (Å²) in [5.41, 5.74) is 1.05. The summed E-state index contributed by atoms with van der Waals surface area (Å²) in [5.74, 6) is -2.19. The lowest BCUT2D eigenvalue weighted by molar-refractivity contribution is -0.134. The molecule has 2 aromatic rings. The molecule has 0 bridgehead atoms. The highest BCUT2D eigenvalue weighted by molar-refractivity contribution is 6.09. The number of nitrogens with zero attached hydrogens (tertiary/aromatic N) is 2. The van der Waals surface area contributed by atoms with E-state index in [1.54, 1.807) is 36.7 Å². The van der Waals surface area contributed by atoms with Gasteiger partial charge in [0.2, 0.25) is 11.7 Å². The summed E-state index contributed by atoms with van der Waals surface area (Å²) in [6.07, 6.45) is 8.99. The van der Waals surface area contributed by atoms with Gasteiger partial charge in [-0.15, -0.1) is 0 Å². The lowest BCUT2D eigenvalue weighted by Gasteiger charge is -2.10. The highest BCUT2D eigenvalue weighted by Crippen LogP contribution is 2.18. The van der Waals surface area contributed by atoms with E-state index in [0.717, 1.165) is 19.4 Å². The average molecular weight is 431 g/mol. The molecular formula is C22H29N3O6. The van der Waals surface area contributed by atoms with Crippen LogP contribution in [0.5, 0.6) is 5.88 Å². The fraction of sp³-hybridized carbons (Fsp3) is 0.364. The number of pyridine rings is 1. The Kier molecular flexibility index (Phi) is 12.0. The van der Waals surface area contributed by atoms with Crippen LogP contribution >= 0.6 is 0 Å². The SMILES string of the molecule is CN(C)CCCCCCOc1ncccc1C(=O)c1ccc[nH]1.O=C(O)C=CC(=O)O. The molecule has 9 heteroatoms. The van der Waals surface area contributed by atoms with E-state index in [9.17, 15) is 14.4 Å². The molecule has 0 amide bonds. The second-order valence-electron chi connectivity index (χ2n) is 6.84. The number of unbranched alkanes of at least 4 members (excludes halogenated alkanes) is 3. The van der Waals surface area contributed by atoms with E-state index in [4.69, 9.17) is 14.9 Å². The fourth-order valence-corrected chi connectivity index (χ4v) is 2.49. The highest BCUT2D eigenvalue weighted by Gasteiger charge is 2.16. The average Bonchev–Trinajstić information content (AvgIpc) is 3.26. The minimum atomic E-state index is -1.26. The Balaban J connectivity index is 0.000000512. The second kappa shape index (κ2) is 14.5. The van der Waals surface area contributed by atoms with Crippen LogP contribution in [-0.2, 0) is 9.59 Å². The Labute approximate surface area is 181 Å². The number of carboxylic acids is 2. The Morgan fingerprint density at radius 2 is 1.71 bits per heavy atom. The molecular weight excluding hydrogens is 402 g/mol. The minimum absolute atomic E-state index is 0.0934. The summed E-state index contributed by atoms with van der Waals surface area (Å²) in [7, 11) is 4.18. The van der Waals surface area contributed by atoms with Crippen LogP contribution < -0.4 is 4.74 Å². The van der Waals surface area contributed by atoms with Crippen LogP contribution in [0.1, 0.15) is 41.7 Å². The first-order chi connectivity index (χ1) is 14.8. The number of aliphatic carboxylic acids is 2. The Hall–Kier alpha value is -3.46. The van der Waals surface area contributed by atoms with Crippen molar-refractivity contribution in [2.24, 2.45) is 0 Å². The van der Waals surface area contributed by atoms with Gasteiger partial charge in [-0.3, -0.25) is 4.79 Å². The van der Waals surface area contributed by atoms with Crippen LogP contribution in [0.4, 0.5) is 0 Å². The van der Waals surface area contributed by atoms with Crippen molar-refractivity contribution in [3.8, 4) is 5.88 Å². The van der Waals surface area contributed by atoms with E-state index in [0.29, 0.717) is 35.9 Å². The van der Waals surface area contributed by atoms with Gasteiger partial charge in [0.1, 0.15) is 0 Å². The van der Waals surface area contributed by atoms with Gasteiger partial charge in [0.15, 0.2) is 0 Å². The molecule has 2 heterocycles. The normalized spacial score (nSPS) is 10.5. The van der Waals surface area contributed by atoms with Gasteiger partial charge in [0.25, 0.3) is 0 Å². The van der Waals surface area contributed by atoms with Gasteiger partial charge in [0, 0.05) is 24.5 Å². The summed E-state index contributed by atoms with van der Waals surface area (Å²) >= 11 is 0. The van der Waals surface area contributed by atoms with E-state index in [-0.39, 0.29) is 5.78 Å². The number of carbonyl (C=O) groups is 3. The van der Waals surface area contributed by atoms with Crippen LogP contribution in [0, 0.1) is 0 Å². The van der Waals surface area contributed by atoms with Gasteiger partial charge < -0.3 is 24.8 Å². The zero-order valence-electron chi connectivity index (χ0n) is 17.8. The monoisotopic (exact) mass is 431 g/mol. The first kappa shape index (κ1) is 25.6. The standard InChI is InChI=1S/C18H25N3O2.C4H4O4/c1-21(2)13-5-3-4-6-14-23-18-15(9-7-12-20-18)17(22)16-10-8-11-19-16;5-3(6)1-2-4(7)8/h7-12,19H,3-6,13-14H2,1-2H3;1-2H,(H,5,6)(H,7,8). The van der Waals surface area contributed by atoms with Crippen LogP contribution in [0.2, 0.25) is 0 Å². The van der Waals surface area contributed by atoms with E-state index in [1.807, 2.05) is 0 Å². The van der Waals surface area contributed by atoms with Crippen LogP contribution in [0.15, 0.2) is 48.8 Å². The van der Waals surface area contributed by atoms with Gasteiger partial charge >= 0.3 is 11.9 Å². The van der Waals surface area contributed by atoms with Crippen molar-refractivity contribution >= 4 is 17.7 Å². The number of hydrogen-bond donors (Lipinski definition) is 3. The van der Waals surface area contributed by atoms with Gasteiger partial charge in [-0.25, -0.2) is 14.6 Å². The number of ketones is 1. The number of carboxylic acid groups (broad SMARTS) is 2. The highest BCUT2D eigenvalue weighted by atomic mass is 16.5. The molecule has 0 saturated carbocycles. The molecule has 0 saturated heterocycles. The largest absolute Gasteiger partial charge is 0.478 e. The summed E-state index contributed by atoms with van der Waals surface area (Å²) < 4.78 is 5.73. The van der Waals surface area contributed by atoms with Crippen molar-refractivity contribution in [2.75, 3.05) is 27.2 Å².